The van der Waals surface area contributed by atoms with Crippen LogP contribution in [0.5, 0.6) is 5.75 Å². The fourth-order valence-corrected chi connectivity index (χ4v) is 1.19. The van der Waals surface area contributed by atoms with Crippen molar-refractivity contribution in [2.75, 3.05) is 6.61 Å². The fourth-order valence-electron chi connectivity index (χ4n) is 1.19. The van der Waals surface area contributed by atoms with Crippen molar-refractivity contribution < 1.29 is 9.66 Å². The van der Waals surface area contributed by atoms with Gasteiger partial charge in [0.1, 0.15) is 5.75 Å². The first kappa shape index (κ1) is 11.5. The molecule has 1 rings (SSSR count). The molecule has 0 fully saturated rings. The van der Waals surface area contributed by atoms with E-state index in [4.69, 9.17) is 10.5 Å². The van der Waals surface area contributed by atoms with Crippen LogP contribution in [0.3, 0.4) is 0 Å². The molecule has 0 aliphatic heterocycles. The van der Waals surface area contributed by atoms with Crippen molar-refractivity contribution in [3.8, 4) is 5.75 Å². The number of nitro groups is 1. The summed E-state index contributed by atoms with van der Waals surface area (Å²) >= 11 is 0. The van der Waals surface area contributed by atoms with Crippen molar-refractivity contribution >= 4 is 5.69 Å². The molecule has 0 atom stereocenters. The highest BCUT2D eigenvalue weighted by atomic mass is 16.6. The molecule has 5 heteroatoms. The molecular weight excluding hydrogens is 196 g/mol. The van der Waals surface area contributed by atoms with E-state index in [-0.39, 0.29) is 12.2 Å². The monoisotopic (exact) mass is 210 g/mol. The molecule has 0 amide bonds. The van der Waals surface area contributed by atoms with Gasteiger partial charge in [0, 0.05) is 24.2 Å². The van der Waals surface area contributed by atoms with E-state index in [1.165, 1.54) is 12.1 Å². The summed E-state index contributed by atoms with van der Waals surface area (Å²) in [6, 6.07) is 4.46. The normalized spacial score (nSPS) is 10.0. The zero-order valence-electron chi connectivity index (χ0n) is 8.60. The summed E-state index contributed by atoms with van der Waals surface area (Å²) < 4.78 is 5.41. The summed E-state index contributed by atoms with van der Waals surface area (Å²) in [5.41, 5.74) is 6.19. The molecule has 0 saturated heterocycles. The Morgan fingerprint density at radius 1 is 1.53 bits per heavy atom. The lowest BCUT2D eigenvalue weighted by molar-refractivity contribution is -0.384. The maximum atomic E-state index is 10.5. The highest BCUT2D eigenvalue weighted by molar-refractivity contribution is 5.43. The van der Waals surface area contributed by atoms with Gasteiger partial charge in [-0.15, -0.1) is 0 Å². The van der Waals surface area contributed by atoms with Crippen molar-refractivity contribution in [2.45, 2.75) is 19.9 Å². The average Bonchev–Trinajstić information content (AvgIpc) is 2.25. The first-order chi connectivity index (χ1) is 7.19. The Balaban J connectivity index is 2.93. The molecule has 0 aliphatic rings. The van der Waals surface area contributed by atoms with Crippen LogP contribution in [-0.4, -0.2) is 11.5 Å². The van der Waals surface area contributed by atoms with Crippen LogP contribution in [0.15, 0.2) is 18.2 Å². The van der Waals surface area contributed by atoms with E-state index in [1.54, 1.807) is 6.07 Å². The van der Waals surface area contributed by atoms with Gasteiger partial charge in [-0.05, 0) is 12.5 Å². The van der Waals surface area contributed by atoms with Crippen LogP contribution in [0.25, 0.3) is 0 Å². The first-order valence-electron chi connectivity index (χ1n) is 4.79. The molecular formula is C10H14N2O3. The Labute approximate surface area is 88.0 Å². The summed E-state index contributed by atoms with van der Waals surface area (Å²) in [6.07, 6.45) is 0.890. The van der Waals surface area contributed by atoms with Gasteiger partial charge in [0.25, 0.3) is 5.69 Å². The summed E-state index contributed by atoms with van der Waals surface area (Å²) in [7, 11) is 0. The predicted molar refractivity (Wildman–Crippen MR) is 56.8 cm³/mol. The van der Waals surface area contributed by atoms with Crippen molar-refractivity contribution in [1.29, 1.82) is 0 Å². The minimum absolute atomic E-state index is 0.0410. The Morgan fingerprint density at radius 3 is 2.80 bits per heavy atom. The van der Waals surface area contributed by atoms with E-state index in [0.717, 1.165) is 6.42 Å². The number of hydrogen-bond donors (Lipinski definition) is 1. The second-order valence-corrected chi connectivity index (χ2v) is 3.10. The van der Waals surface area contributed by atoms with Crippen LogP contribution in [-0.2, 0) is 6.54 Å². The topological polar surface area (TPSA) is 78.4 Å². The van der Waals surface area contributed by atoms with Gasteiger partial charge in [0.05, 0.1) is 11.5 Å². The number of non-ortho nitro benzene ring substituents is 1. The van der Waals surface area contributed by atoms with Crippen LogP contribution >= 0.6 is 0 Å². The SMILES string of the molecule is CCCOc1ccc([N+](=O)[O-])cc1CN. The largest absolute Gasteiger partial charge is 0.493 e. The Bertz CT molecular complexity index is 353. The highest BCUT2D eigenvalue weighted by Crippen LogP contribution is 2.23. The third-order valence-electron chi connectivity index (χ3n) is 1.94. The third kappa shape index (κ3) is 2.92. The van der Waals surface area contributed by atoms with Crippen LogP contribution in [0.4, 0.5) is 5.69 Å². The van der Waals surface area contributed by atoms with E-state index in [1.807, 2.05) is 6.92 Å². The molecule has 0 aliphatic carbocycles. The molecule has 0 unspecified atom stereocenters. The lowest BCUT2D eigenvalue weighted by Crippen LogP contribution is -2.04. The molecule has 2 N–H and O–H groups in total. The summed E-state index contributed by atoms with van der Waals surface area (Å²) in [4.78, 5) is 10.1. The molecule has 82 valence electrons. The minimum Gasteiger partial charge on any atom is -0.493 e. The quantitative estimate of drug-likeness (QED) is 0.594. The van der Waals surface area contributed by atoms with E-state index in [2.05, 4.69) is 0 Å². The maximum Gasteiger partial charge on any atom is 0.270 e. The lowest BCUT2D eigenvalue weighted by Gasteiger charge is -2.08. The second-order valence-electron chi connectivity index (χ2n) is 3.10. The second kappa shape index (κ2) is 5.31. The van der Waals surface area contributed by atoms with Gasteiger partial charge in [-0.2, -0.15) is 0 Å². The molecule has 0 aromatic heterocycles. The molecule has 15 heavy (non-hydrogen) atoms. The van der Waals surface area contributed by atoms with Gasteiger partial charge in [-0.1, -0.05) is 6.92 Å². The molecule has 1 aromatic rings. The Hall–Kier alpha value is -1.62. The molecule has 0 bridgehead atoms. The van der Waals surface area contributed by atoms with E-state index in [0.29, 0.717) is 17.9 Å². The predicted octanol–water partition coefficient (Wildman–Crippen LogP) is 1.84. The Kier molecular flexibility index (Phi) is 4.05. The number of rotatable bonds is 5. The standard InChI is InChI=1S/C10H14N2O3/c1-2-5-15-10-4-3-9(12(13)14)6-8(10)7-11/h3-4,6H,2,5,7,11H2,1H3. The van der Waals surface area contributed by atoms with Gasteiger partial charge < -0.3 is 10.5 Å². The van der Waals surface area contributed by atoms with Crippen LogP contribution in [0.2, 0.25) is 0 Å². The van der Waals surface area contributed by atoms with E-state index >= 15 is 0 Å². The number of benzene rings is 1. The van der Waals surface area contributed by atoms with Gasteiger partial charge >= 0.3 is 0 Å². The van der Waals surface area contributed by atoms with E-state index in [9.17, 15) is 10.1 Å². The fraction of sp³-hybridized carbons (Fsp3) is 0.400. The van der Waals surface area contributed by atoms with Crippen LogP contribution in [0, 0.1) is 10.1 Å². The zero-order valence-corrected chi connectivity index (χ0v) is 8.60. The van der Waals surface area contributed by atoms with Gasteiger partial charge in [0.2, 0.25) is 0 Å². The molecule has 1 aromatic carbocycles. The van der Waals surface area contributed by atoms with Crippen molar-refractivity contribution in [3.05, 3.63) is 33.9 Å². The van der Waals surface area contributed by atoms with Crippen molar-refractivity contribution in [3.63, 3.8) is 0 Å². The van der Waals surface area contributed by atoms with Crippen LogP contribution < -0.4 is 10.5 Å². The van der Waals surface area contributed by atoms with Crippen molar-refractivity contribution in [2.24, 2.45) is 5.73 Å². The third-order valence-corrected chi connectivity index (χ3v) is 1.94. The lowest BCUT2D eigenvalue weighted by atomic mass is 10.2. The molecule has 5 nitrogen and oxygen atoms in total. The molecule has 0 saturated carbocycles. The molecule has 0 heterocycles. The zero-order chi connectivity index (χ0) is 11.3. The maximum absolute atomic E-state index is 10.5. The summed E-state index contributed by atoms with van der Waals surface area (Å²) in [5, 5.41) is 10.5. The van der Waals surface area contributed by atoms with Crippen molar-refractivity contribution in [1.82, 2.24) is 0 Å². The van der Waals surface area contributed by atoms with Gasteiger partial charge in [0.15, 0.2) is 0 Å². The number of hydrogen-bond acceptors (Lipinski definition) is 4. The van der Waals surface area contributed by atoms with Gasteiger partial charge in [-0.25, -0.2) is 0 Å². The number of ether oxygens (including phenoxy) is 1. The Morgan fingerprint density at radius 2 is 2.27 bits per heavy atom. The summed E-state index contributed by atoms with van der Waals surface area (Å²) in [6.45, 7) is 2.82. The molecule has 0 radical (unpaired) electrons. The number of nitrogens with zero attached hydrogens (tertiary/aromatic N) is 1. The smallest absolute Gasteiger partial charge is 0.270 e. The minimum atomic E-state index is -0.442. The van der Waals surface area contributed by atoms with Crippen LogP contribution in [0.1, 0.15) is 18.9 Å². The molecule has 0 spiro atoms. The summed E-state index contributed by atoms with van der Waals surface area (Å²) in [5.74, 6) is 0.630. The average molecular weight is 210 g/mol. The first-order valence-corrected chi connectivity index (χ1v) is 4.79. The number of nitrogens with two attached hydrogens (primary N) is 1. The van der Waals surface area contributed by atoms with E-state index < -0.39 is 4.92 Å². The van der Waals surface area contributed by atoms with Gasteiger partial charge in [-0.3, -0.25) is 10.1 Å². The number of nitro benzene ring substituents is 1. The highest BCUT2D eigenvalue weighted by Gasteiger charge is 2.10.